The summed E-state index contributed by atoms with van der Waals surface area (Å²) in [5, 5.41) is 0. The van der Waals surface area contributed by atoms with Crippen LogP contribution in [0.25, 0.3) is 0 Å². The molecule has 2 N–H and O–H groups in total. The summed E-state index contributed by atoms with van der Waals surface area (Å²) in [6, 6.07) is 7.64. The van der Waals surface area contributed by atoms with Gasteiger partial charge in [-0.3, -0.25) is 4.79 Å². The first kappa shape index (κ1) is 14.5. The van der Waals surface area contributed by atoms with E-state index in [2.05, 4.69) is 19.1 Å². The topological polar surface area (TPSA) is 55.6 Å². The lowest BCUT2D eigenvalue weighted by molar-refractivity contribution is -0.144. The second-order valence-corrected chi connectivity index (χ2v) is 4.26. The normalized spacial score (nSPS) is 12.0. The van der Waals surface area contributed by atoms with E-state index in [9.17, 15) is 4.79 Å². The van der Waals surface area contributed by atoms with Crippen LogP contribution in [0, 0.1) is 0 Å². The van der Waals surface area contributed by atoms with E-state index in [1.807, 2.05) is 24.1 Å². The number of aryl methyl sites for hydroxylation is 1. The Kier molecular flexibility index (Phi) is 5.65. The number of esters is 1. The minimum Gasteiger partial charge on any atom is -0.465 e. The van der Waals surface area contributed by atoms with Gasteiger partial charge in [-0.1, -0.05) is 19.1 Å². The van der Waals surface area contributed by atoms with Gasteiger partial charge >= 0.3 is 5.97 Å². The van der Waals surface area contributed by atoms with Gasteiger partial charge in [0.25, 0.3) is 0 Å². The van der Waals surface area contributed by atoms with Gasteiger partial charge in [0.1, 0.15) is 6.04 Å². The average molecular weight is 250 g/mol. The number of ether oxygens (including phenoxy) is 1. The van der Waals surface area contributed by atoms with E-state index >= 15 is 0 Å². The van der Waals surface area contributed by atoms with Crippen molar-refractivity contribution >= 4 is 11.7 Å². The van der Waals surface area contributed by atoms with Crippen molar-refractivity contribution in [2.75, 3.05) is 25.1 Å². The van der Waals surface area contributed by atoms with Crippen molar-refractivity contribution in [1.82, 2.24) is 0 Å². The molecule has 18 heavy (non-hydrogen) atoms. The molecule has 0 spiro atoms. The van der Waals surface area contributed by atoms with Crippen LogP contribution in [-0.4, -0.2) is 32.2 Å². The standard InChI is InChI=1S/C14H22N2O2/c1-4-11-6-8-12(9-7-11)16(3)10-13(15)14(17)18-5-2/h6-9,13H,4-5,10,15H2,1-3H3. The summed E-state index contributed by atoms with van der Waals surface area (Å²) in [5.74, 6) is -0.352. The Morgan fingerprint density at radius 2 is 1.94 bits per heavy atom. The first-order chi connectivity index (χ1) is 8.58. The third kappa shape index (κ3) is 4.04. The van der Waals surface area contributed by atoms with Gasteiger partial charge in [-0.2, -0.15) is 0 Å². The quantitative estimate of drug-likeness (QED) is 0.779. The van der Waals surface area contributed by atoms with E-state index in [4.69, 9.17) is 10.5 Å². The molecule has 1 aromatic carbocycles. The molecule has 4 heteroatoms. The highest BCUT2D eigenvalue weighted by molar-refractivity contribution is 5.76. The fourth-order valence-corrected chi connectivity index (χ4v) is 1.71. The Labute approximate surface area is 109 Å². The van der Waals surface area contributed by atoms with Gasteiger partial charge in [-0.25, -0.2) is 0 Å². The fourth-order valence-electron chi connectivity index (χ4n) is 1.71. The third-order valence-corrected chi connectivity index (χ3v) is 2.85. The maximum absolute atomic E-state index is 11.4. The average Bonchev–Trinajstić information content (AvgIpc) is 2.39. The Morgan fingerprint density at radius 1 is 1.33 bits per heavy atom. The first-order valence-corrected chi connectivity index (χ1v) is 6.30. The summed E-state index contributed by atoms with van der Waals surface area (Å²) >= 11 is 0. The molecule has 0 aliphatic carbocycles. The lowest BCUT2D eigenvalue weighted by Gasteiger charge is -2.22. The first-order valence-electron chi connectivity index (χ1n) is 6.30. The molecule has 1 unspecified atom stereocenters. The Bertz CT molecular complexity index is 376. The zero-order chi connectivity index (χ0) is 13.5. The molecule has 4 nitrogen and oxygen atoms in total. The van der Waals surface area contributed by atoms with Crippen LogP contribution in [0.3, 0.4) is 0 Å². The smallest absolute Gasteiger partial charge is 0.324 e. The van der Waals surface area contributed by atoms with Crippen molar-refractivity contribution in [3.8, 4) is 0 Å². The minimum absolute atomic E-state index is 0.352. The summed E-state index contributed by atoms with van der Waals surface area (Å²) < 4.78 is 4.89. The molecule has 0 saturated carbocycles. The maximum Gasteiger partial charge on any atom is 0.324 e. The van der Waals surface area contributed by atoms with Crippen LogP contribution in [0.1, 0.15) is 19.4 Å². The number of anilines is 1. The summed E-state index contributed by atoms with van der Waals surface area (Å²) in [5.41, 5.74) is 8.12. The fraction of sp³-hybridized carbons (Fsp3) is 0.500. The highest BCUT2D eigenvalue weighted by Crippen LogP contribution is 2.14. The van der Waals surface area contributed by atoms with Crippen molar-refractivity contribution in [2.45, 2.75) is 26.3 Å². The van der Waals surface area contributed by atoms with Crippen LogP contribution in [-0.2, 0) is 16.0 Å². The molecule has 0 aliphatic rings. The minimum atomic E-state index is -0.610. The number of likely N-dealkylation sites (N-methyl/N-ethyl adjacent to an activating group) is 1. The van der Waals surface area contributed by atoms with Crippen LogP contribution < -0.4 is 10.6 Å². The van der Waals surface area contributed by atoms with Gasteiger partial charge < -0.3 is 15.4 Å². The number of benzene rings is 1. The Hall–Kier alpha value is -1.55. The molecule has 0 radical (unpaired) electrons. The molecule has 1 atom stereocenters. The van der Waals surface area contributed by atoms with Crippen molar-refractivity contribution in [3.05, 3.63) is 29.8 Å². The molecule has 1 aromatic rings. The van der Waals surface area contributed by atoms with E-state index in [-0.39, 0.29) is 5.97 Å². The third-order valence-electron chi connectivity index (χ3n) is 2.85. The molecular weight excluding hydrogens is 228 g/mol. The van der Waals surface area contributed by atoms with Crippen molar-refractivity contribution in [1.29, 1.82) is 0 Å². The van der Waals surface area contributed by atoms with Gasteiger partial charge in [0, 0.05) is 19.3 Å². The number of nitrogens with zero attached hydrogens (tertiary/aromatic N) is 1. The number of rotatable bonds is 6. The number of carbonyl (C=O) groups is 1. The van der Waals surface area contributed by atoms with Gasteiger partial charge in [-0.15, -0.1) is 0 Å². The van der Waals surface area contributed by atoms with E-state index in [1.54, 1.807) is 6.92 Å². The monoisotopic (exact) mass is 250 g/mol. The second kappa shape index (κ2) is 7.01. The van der Waals surface area contributed by atoms with E-state index in [0.717, 1.165) is 12.1 Å². The van der Waals surface area contributed by atoms with Crippen molar-refractivity contribution in [2.24, 2.45) is 5.73 Å². The largest absolute Gasteiger partial charge is 0.465 e. The number of hydrogen-bond donors (Lipinski definition) is 1. The molecule has 0 aromatic heterocycles. The number of hydrogen-bond acceptors (Lipinski definition) is 4. The molecular formula is C14H22N2O2. The summed E-state index contributed by atoms with van der Waals surface area (Å²) in [6.07, 6.45) is 1.02. The molecule has 0 amide bonds. The van der Waals surface area contributed by atoms with Crippen molar-refractivity contribution < 1.29 is 9.53 Å². The van der Waals surface area contributed by atoms with E-state index in [0.29, 0.717) is 13.2 Å². The molecule has 0 bridgehead atoms. The molecule has 1 rings (SSSR count). The van der Waals surface area contributed by atoms with Gasteiger partial charge in [0.15, 0.2) is 0 Å². The zero-order valence-corrected chi connectivity index (χ0v) is 11.3. The summed E-state index contributed by atoms with van der Waals surface area (Å²) in [6.45, 7) is 4.71. The van der Waals surface area contributed by atoms with Crippen LogP contribution in [0.2, 0.25) is 0 Å². The van der Waals surface area contributed by atoms with Crippen LogP contribution in [0.5, 0.6) is 0 Å². The van der Waals surface area contributed by atoms with Crippen LogP contribution >= 0.6 is 0 Å². The van der Waals surface area contributed by atoms with Crippen LogP contribution in [0.4, 0.5) is 5.69 Å². The van der Waals surface area contributed by atoms with Crippen LogP contribution in [0.15, 0.2) is 24.3 Å². The molecule has 0 saturated heterocycles. The lowest BCUT2D eigenvalue weighted by Crippen LogP contribution is -2.42. The number of nitrogens with two attached hydrogens (primary N) is 1. The number of carbonyl (C=O) groups excluding carboxylic acids is 1. The summed E-state index contributed by atoms with van der Waals surface area (Å²) in [4.78, 5) is 13.4. The highest BCUT2D eigenvalue weighted by atomic mass is 16.5. The van der Waals surface area contributed by atoms with Gasteiger partial charge in [-0.05, 0) is 31.0 Å². The zero-order valence-electron chi connectivity index (χ0n) is 11.3. The van der Waals surface area contributed by atoms with E-state index < -0.39 is 6.04 Å². The van der Waals surface area contributed by atoms with E-state index in [1.165, 1.54) is 5.56 Å². The molecule has 0 aliphatic heterocycles. The second-order valence-electron chi connectivity index (χ2n) is 4.26. The Balaban J connectivity index is 2.58. The molecule has 100 valence electrons. The summed E-state index contributed by atoms with van der Waals surface area (Å²) in [7, 11) is 1.92. The highest BCUT2D eigenvalue weighted by Gasteiger charge is 2.16. The maximum atomic E-state index is 11.4. The van der Waals surface area contributed by atoms with Gasteiger partial charge in [0.05, 0.1) is 6.61 Å². The molecule has 0 heterocycles. The van der Waals surface area contributed by atoms with Crippen molar-refractivity contribution in [3.63, 3.8) is 0 Å². The SMILES string of the molecule is CCOC(=O)C(N)CN(C)c1ccc(CC)cc1. The van der Waals surface area contributed by atoms with Gasteiger partial charge in [0.2, 0.25) is 0 Å². The predicted molar refractivity (Wildman–Crippen MR) is 73.7 cm³/mol. The predicted octanol–water partition coefficient (Wildman–Crippen LogP) is 1.58. The Morgan fingerprint density at radius 3 is 2.44 bits per heavy atom. The molecule has 0 fully saturated rings. The lowest BCUT2D eigenvalue weighted by atomic mass is 10.1.